The monoisotopic (exact) mass is 301 g/mol. The van der Waals surface area contributed by atoms with Crippen LogP contribution in [0.15, 0.2) is 23.8 Å². The van der Waals surface area contributed by atoms with Gasteiger partial charge in [0.05, 0.1) is 18.6 Å². The second-order valence-electron chi connectivity index (χ2n) is 6.85. The Bertz CT molecular complexity index is 654. The highest BCUT2D eigenvalue weighted by atomic mass is 16.5. The van der Waals surface area contributed by atoms with Crippen molar-refractivity contribution in [2.75, 3.05) is 20.7 Å². The molecule has 4 rings (SSSR count). The molecule has 1 aromatic carbocycles. The zero-order valence-electron chi connectivity index (χ0n) is 13.4. The standard InChI is InChI=1S/C18H23NO3/c1-11-8-13(20)9-15-18(11)6-7-19(2)10-12-4-5-14(21-3)17(22-15)16(12)18/h4-5,8,13,15,20H,6-7,9-10H2,1-3H3/t13-,15-,18+/m0/s1. The van der Waals surface area contributed by atoms with Crippen molar-refractivity contribution < 1.29 is 14.6 Å². The summed E-state index contributed by atoms with van der Waals surface area (Å²) < 4.78 is 11.9. The van der Waals surface area contributed by atoms with Gasteiger partial charge in [0.2, 0.25) is 0 Å². The zero-order chi connectivity index (χ0) is 15.5. The Labute approximate surface area is 131 Å². The first-order chi connectivity index (χ1) is 10.6. The van der Waals surface area contributed by atoms with Gasteiger partial charge < -0.3 is 19.5 Å². The average molecular weight is 301 g/mol. The third-order valence-corrected chi connectivity index (χ3v) is 5.61. The largest absolute Gasteiger partial charge is 0.493 e. The van der Waals surface area contributed by atoms with Crippen LogP contribution in [0.25, 0.3) is 0 Å². The summed E-state index contributed by atoms with van der Waals surface area (Å²) in [6, 6.07) is 4.18. The minimum atomic E-state index is -0.416. The number of aliphatic hydroxyl groups is 1. The molecule has 0 bridgehead atoms. The molecule has 2 aliphatic heterocycles. The fourth-order valence-electron chi connectivity index (χ4n) is 4.55. The summed E-state index contributed by atoms with van der Waals surface area (Å²) in [5.74, 6) is 1.70. The van der Waals surface area contributed by atoms with E-state index in [1.807, 2.05) is 12.1 Å². The minimum absolute atomic E-state index is 0.00375. The van der Waals surface area contributed by atoms with E-state index in [-0.39, 0.29) is 11.5 Å². The summed E-state index contributed by atoms with van der Waals surface area (Å²) in [5, 5.41) is 10.2. The summed E-state index contributed by atoms with van der Waals surface area (Å²) in [7, 11) is 3.86. The molecular formula is C18H23NO3. The number of rotatable bonds is 1. The van der Waals surface area contributed by atoms with Gasteiger partial charge in [-0.3, -0.25) is 0 Å². The van der Waals surface area contributed by atoms with Crippen LogP contribution < -0.4 is 9.47 Å². The smallest absolute Gasteiger partial charge is 0.166 e. The van der Waals surface area contributed by atoms with Crippen LogP contribution >= 0.6 is 0 Å². The molecule has 1 aliphatic carbocycles. The van der Waals surface area contributed by atoms with Gasteiger partial charge >= 0.3 is 0 Å². The molecule has 0 aromatic heterocycles. The molecule has 2 heterocycles. The lowest BCUT2D eigenvalue weighted by Crippen LogP contribution is -2.45. The van der Waals surface area contributed by atoms with Crippen molar-refractivity contribution in [2.24, 2.45) is 0 Å². The predicted octanol–water partition coefficient (Wildman–Crippen LogP) is 2.24. The van der Waals surface area contributed by atoms with E-state index in [2.05, 4.69) is 24.9 Å². The Kier molecular flexibility index (Phi) is 3.03. The maximum Gasteiger partial charge on any atom is 0.166 e. The van der Waals surface area contributed by atoms with Gasteiger partial charge in [-0.05, 0) is 38.6 Å². The Morgan fingerprint density at radius 1 is 1.41 bits per heavy atom. The van der Waals surface area contributed by atoms with E-state index >= 15 is 0 Å². The van der Waals surface area contributed by atoms with Crippen LogP contribution in [0.2, 0.25) is 0 Å². The third kappa shape index (κ3) is 1.71. The molecule has 1 N–H and O–H groups in total. The highest BCUT2D eigenvalue weighted by Crippen LogP contribution is 2.58. The van der Waals surface area contributed by atoms with Crippen molar-refractivity contribution in [3.8, 4) is 11.5 Å². The molecule has 0 amide bonds. The van der Waals surface area contributed by atoms with Gasteiger partial charge in [0, 0.05) is 18.5 Å². The first-order valence-electron chi connectivity index (χ1n) is 7.99. The molecule has 0 unspecified atom stereocenters. The normalized spacial score (nSPS) is 33.4. The number of benzene rings is 1. The first kappa shape index (κ1) is 14.1. The summed E-state index contributed by atoms with van der Waals surface area (Å²) in [5.41, 5.74) is 3.74. The van der Waals surface area contributed by atoms with E-state index in [0.29, 0.717) is 6.42 Å². The van der Waals surface area contributed by atoms with E-state index in [1.54, 1.807) is 7.11 Å². The van der Waals surface area contributed by atoms with Crippen molar-refractivity contribution in [3.63, 3.8) is 0 Å². The van der Waals surface area contributed by atoms with E-state index < -0.39 is 6.10 Å². The molecule has 0 saturated carbocycles. The van der Waals surface area contributed by atoms with Crippen LogP contribution in [0.3, 0.4) is 0 Å². The lowest BCUT2D eigenvalue weighted by Gasteiger charge is -2.40. The fraction of sp³-hybridized carbons (Fsp3) is 0.556. The van der Waals surface area contributed by atoms with Gasteiger partial charge in [0.25, 0.3) is 0 Å². The van der Waals surface area contributed by atoms with Crippen LogP contribution in [-0.2, 0) is 12.0 Å². The number of aliphatic hydroxyl groups excluding tert-OH is 1. The molecule has 4 nitrogen and oxygen atoms in total. The van der Waals surface area contributed by atoms with Gasteiger partial charge in [-0.25, -0.2) is 0 Å². The highest BCUT2D eigenvalue weighted by molar-refractivity contribution is 5.62. The maximum atomic E-state index is 10.2. The Balaban J connectivity index is 1.99. The average Bonchev–Trinajstić information content (AvgIpc) is 2.72. The van der Waals surface area contributed by atoms with E-state index in [0.717, 1.165) is 31.0 Å². The van der Waals surface area contributed by atoms with Crippen molar-refractivity contribution in [3.05, 3.63) is 34.9 Å². The third-order valence-electron chi connectivity index (χ3n) is 5.61. The topological polar surface area (TPSA) is 41.9 Å². The van der Waals surface area contributed by atoms with Gasteiger partial charge in [-0.1, -0.05) is 17.7 Å². The van der Waals surface area contributed by atoms with Gasteiger partial charge in [-0.15, -0.1) is 0 Å². The summed E-state index contributed by atoms with van der Waals surface area (Å²) in [4.78, 5) is 2.37. The number of hydrogen-bond acceptors (Lipinski definition) is 4. The van der Waals surface area contributed by atoms with Crippen LogP contribution in [0.4, 0.5) is 0 Å². The fourth-order valence-corrected chi connectivity index (χ4v) is 4.55. The SMILES string of the molecule is COc1ccc2c3c1O[C@H]1C[C@@H](O)C=C(C)[C@@]31CCN(C)C2. The second-order valence-corrected chi connectivity index (χ2v) is 6.85. The Hall–Kier alpha value is -1.52. The van der Waals surface area contributed by atoms with Gasteiger partial charge in [0.1, 0.15) is 6.10 Å². The molecule has 0 radical (unpaired) electrons. The lowest BCUT2D eigenvalue weighted by atomic mass is 9.64. The second kappa shape index (κ2) is 4.74. The maximum absolute atomic E-state index is 10.2. The molecule has 1 aromatic rings. The minimum Gasteiger partial charge on any atom is -0.493 e. The molecule has 3 aliphatic rings. The van der Waals surface area contributed by atoms with E-state index in [1.165, 1.54) is 16.7 Å². The number of hydrogen-bond donors (Lipinski definition) is 1. The lowest BCUT2D eigenvalue weighted by molar-refractivity contribution is 0.0762. The number of methoxy groups -OCH3 is 1. The van der Waals surface area contributed by atoms with Gasteiger partial charge in [-0.2, -0.15) is 0 Å². The van der Waals surface area contributed by atoms with Crippen molar-refractivity contribution >= 4 is 0 Å². The molecule has 22 heavy (non-hydrogen) atoms. The first-order valence-corrected chi connectivity index (χ1v) is 7.99. The Morgan fingerprint density at radius 2 is 2.23 bits per heavy atom. The van der Waals surface area contributed by atoms with Crippen molar-refractivity contribution in [1.82, 2.24) is 4.90 Å². The molecule has 3 atom stereocenters. The molecule has 1 spiro atoms. The van der Waals surface area contributed by atoms with Crippen LogP contribution in [0.5, 0.6) is 11.5 Å². The summed E-state index contributed by atoms with van der Waals surface area (Å²) in [6.45, 7) is 4.10. The highest BCUT2D eigenvalue weighted by Gasteiger charge is 2.55. The summed E-state index contributed by atoms with van der Waals surface area (Å²) in [6.07, 6.45) is 3.28. The Morgan fingerprint density at radius 3 is 3.00 bits per heavy atom. The van der Waals surface area contributed by atoms with Gasteiger partial charge in [0.15, 0.2) is 11.5 Å². The molecule has 0 fully saturated rings. The van der Waals surface area contributed by atoms with Crippen LogP contribution in [0, 0.1) is 0 Å². The quantitative estimate of drug-likeness (QED) is 0.808. The number of nitrogens with zero attached hydrogens (tertiary/aromatic N) is 1. The number of ether oxygens (including phenoxy) is 2. The van der Waals surface area contributed by atoms with Crippen LogP contribution in [0.1, 0.15) is 30.9 Å². The van der Waals surface area contributed by atoms with Crippen molar-refractivity contribution in [1.29, 1.82) is 0 Å². The summed E-state index contributed by atoms with van der Waals surface area (Å²) >= 11 is 0. The predicted molar refractivity (Wildman–Crippen MR) is 84.4 cm³/mol. The zero-order valence-corrected chi connectivity index (χ0v) is 13.4. The molecule has 4 heteroatoms. The molecule has 0 saturated heterocycles. The molecule has 118 valence electrons. The van der Waals surface area contributed by atoms with Crippen molar-refractivity contribution in [2.45, 2.75) is 43.9 Å². The van der Waals surface area contributed by atoms with E-state index in [9.17, 15) is 5.11 Å². The molecular weight excluding hydrogens is 278 g/mol. The van der Waals surface area contributed by atoms with Crippen LogP contribution in [-0.4, -0.2) is 42.9 Å². The van der Waals surface area contributed by atoms with E-state index in [4.69, 9.17) is 9.47 Å².